The van der Waals surface area contributed by atoms with E-state index in [-0.39, 0.29) is 19.1 Å². The summed E-state index contributed by atoms with van der Waals surface area (Å²) in [6.07, 6.45) is 58.9. The molecule has 3 unspecified atom stereocenters. The molecule has 0 bridgehead atoms. The largest absolute Gasteiger partial charge is 0.472 e. The molecule has 0 aromatic carbocycles. The third kappa shape index (κ3) is 50.9. The van der Waals surface area contributed by atoms with Crippen molar-refractivity contribution in [2.75, 3.05) is 40.9 Å². The Labute approximate surface area is 405 Å². The maximum absolute atomic E-state index is 13.0. The minimum atomic E-state index is -4.34. The number of quaternary nitrogens is 1. The van der Waals surface area contributed by atoms with Crippen LogP contribution in [0.1, 0.15) is 290 Å². The molecular weight excluding hydrogens is 828 g/mol. The highest BCUT2D eigenvalue weighted by Gasteiger charge is 2.27. The molecule has 0 aliphatic rings. The average molecular weight is 943 g/mol. The van der Waals surface area contributed by atoms with Crippen molar-refractivity contribution in [1.82, 2.24) is 5.32 Å². The first kappa shape index (κ1) is 64.2. The van der Waals surface area contributed by atoms with Crippen LogP contribution in [0.4, 0.5) is 0 Å². The molecule has 0 fully saturated rings. The predicted octanol–water partition coefficient (Wildman–Crippen LogP) is 17.0. The lowest BCUT2D eigenvalue weighted by molar-refractivity contribution is -0.870. The zero-order valence-electron chi connectivity index (χ0n) is 44.3. The predicted molar refractivity (Wildman–Crippen MR) is 282 cm³/mol. The normalized spacial score (nSPS) is 14.0. The standard InChI is InChI=1S/C56H113N2O6P/c1-6-8-10-12-14-16-18-20-22-23-24-25-26-27-28-29-30-31-32-33-34-35-36-38-40-42-44-46-48-50-56(60)57-54(53-64-65(61,62)63-52-51-58(3,4)5)55(59)49-47-45-43-41-39-37-21-19-17-15-13-11-9-7-2/h47,49,54-55,59H,6-46,48,50-53H2,1-5H3,(H-,57,60,61,62)/p+1/b49-47+. The molecule has 0 aliphatic heterocycles. The Hall–Kier alpha value is -0.760. The SMILES string of the molecule is CCCCCCCCCCCCCC/C=C/C(O)C(COP(=O)(O)OCC[N+](C)(C)C)NC(=O)CCCCCCCCCCCCCCCCCCCCCCCCCCCCCCC. The van der Waals surface area contributed by atoms with Gasteiger partial charge in [0.15, 0.2) is 0 Å². The third-order valence-corrected chi connectivity index (χ3v) is 14.2. The van der Waals surface area contributed by atoms with E-state index < -0.39 is 20.0 Å². The van der Waals surface area contributed by atoms with Gasteiger partial charge in [0.2, 0.25) is 5.91 Å². The second-order valence-electron chi connectivity index (χ2n) is 21.0. The topological polar surface area (TPSA) is 105 Å². The highest BCUT2D eigenvalue weighted by molar-refractivity contribution is 7.47. The lowest BCUT2D eigenvalue weighted by Gasteiger charge is -2.25. The number of nitrogens with one attached hydrogen (secondary N) is 1. The molecule has 3 N–H and O–H groups in total. The molecule has 0 aromatic rings. The summed E-state index contributed by atoms with van der Waals surface area (Å²) in [6, 6.07) is -0.841. The molecular formula is C56H114N2O6P+. The number of amides is 1. The number of allylic oxidation sites excluding steroid dienone is 1. The Kier molecular flexibility index (Phi) is 47.7. The zero-order chi connectivity index (χ0) is 47.8. The van der Waals surface area contributed by atoms with Crippen molar-refractivity contribution in [2.24, 2.45) is 0 Å². The number of carbonyl (C=O) groups is 1. The van der Waals surface area contributed by atoms with Crippen LogP contribution in [0.2, 0.25) is 0 Å². The van der Waals surface area contributed by atoms with E-state index in [0.29, 0.717) is 17.4 Å². The van der Waals surface area contributed by atoms with Crippen molar-refractivity contribution in [1.29, 1.82) is 0 Å². The molecule has 8 nitrogen and oxygen atoms in total. The van der Waals surface area contributed by atoms with E-state index in [9.17, 15) is 19.4 Å². The summed E-state index contributed by atoms with van der Waals surface area (Å²) in [5, 5.41) is 13.9. The summed E-state index contributed by atoms with van der Waals surface area (Å²) in [5.41, 5.74) is 0. The summed E-state index contributed by atoms with van der Waals surface area (Å²) in [5.74, 6) is -0.171. The fourth-order valence-electron chi connectivity index (χ4n) is 8.75. The summed E-state index contributed by atoms with van der Waals surface area (Å²) in [7, 11) is 1.59. The number of nitrogens with zero attached hydrogens (tertiary/aromatic N) is 1. The second-order valence-corrected chi connectivity index (χ2v) is 22.5. The molecule has 65 heavy (non-hydrogen) atoms. The van der Waals surface area contributed by atoms with Gasteiger partial charge < -0.3 is 19.8 Å². The van der Waals surface area contributed by atoms with E-state index in [1.54, 1.807) is 6.08 Å². The molecule has 3 atom stereocenters. The molecule has 0 saturated carbocycles. The molecule has 0 radical (unpaired) electrons. The molecule has 388 valence electrons. The summed E-state index contributed by atoms with van der Waals surface area (Å²) in [6.45, 7) is 4.85. The van der Waals surface area contributed by atoms with Gasteiger partial charge in [-0.3, -0.25) is 13.8 Å². The van der Waals surface area contributed by atoms with E-state index in [1.165, 1.54) is 231 Å². The minimum Gasteiger partial charge on any atom is -0.387 e. The number of hydrogen-bond acceptors (Lipinski definition) is 5. The molecule has 0 aromatic heterocycles. The third-order valence-electron chi connectivity index (χ3n) is 13.3. The fraction of sp³-hybridized carbons (Fsp3) is 0.946. The molecule has 1 amide bonds. The number of rotatable bonds is 53. The summed E-state index contributed by atoms with van der Waals surface area (Å²) in [4.78, 5) is 23.2. The number of likely N-dealkylation sites (N-methyl/N-ethyl adjacent to an activating group) is 1. The first-order valence-corrected chi connectivity index (χ1v) is 30.1. The molecule has 0 aliphatic carbocycles. The van der Waals surface area contributed by atoms with Crippen molar-refractivity contribution in [3.8, 4) is 0 Å². The van der Waals surface area contributed by atoms with Gasteiger partial charge in [-0.1, -0.05) is 276 Å². The van der Waals surface area contributed by atoms with Crippen LogP contribution in [0.3, 0.4) is 0 Å². The molecule has 0 heterocycles. The maximum Gasteiger partial charge on any atom is 0.472 e. The van der Waals surface area contributed by atoms with Gasteiger partial charge in [-0.15, -0.1) is 0 Å². The van der Waals surface area contributed by atoms with Crippen LogP contribution in [0, 0.1) is 0 Å². The van der Waals surface area contributed by atoms with Crippen LogP contribution < -0.4 is 5.32 Å². The Morgan fingerprint density at radius 2 is 0.815 bits per heavy atom. The van der Waals surface area contributed by atoms with Crippen molar-refractivity contribution in [3.63, 3.8) is 0 Å². The van der Waals surface area contributed by atoms with E-state index in [2.05, 4.69) is 19.2 Å². The van der Waals surface area contributed by atoms with Crippen LogP contribution in [0.5, 0.6) is 0 Å². The first-order valence-electron chi connectivity index (χ1n) is 28.6. The van der Waals surface area contributed by atoms with Crippen LogP contribution in [0.25, 0.3) is 0 Å². The monoisotopic (exact) mass is 942 g/mol. The van der Waals surface area contributed by atoms with E-state index >= 15 is 0 Å². The zero-order valence-corrected chi connectivity index (χ0v) is 45.2. The number of phosphoric acid groups is 1. The highest BCUT2D eigenvalue weighted by Crippen LogP contribution is 2.43. The van der Waals surface area contributed by atoms with Crippen molar-refractivity contribution in [3.05, 3.63) is 12.2 Å². The van der Waals surface area contributed by atoms with Gasteiger partial charge in [0, 0.05) is 6.42 Å². The lowest BCUT2D eigenvalue weighted by Crippen LogP contribution is -2.45. The summed E-state index contributed by atoms with van der Waals surface area (Å²) < 4.78 is 23.7. The maximum atomic E-state index is 13.0. The number of aliphatic hydroxyl groups is 1. The number of hydrogen-bond donors (Lipinski definition) is 3. The summed E-state index contributed by atoms with van der Waals surface area (Å²) >= 11 is 0. The van der Waals surface area contributed by atoms with Gasteiger partial charge in [-0.05, 0) is 19.3 Å². The average Bonchev–Trinajstić information content (AvgIpc) is 3.26. The highest BCUT2D eigenvalue weighted by atomic mass is 31.2. The Morgan fingerprint density at radius 1 is 0.508 bits per heavy atom. The fourth-order valence-corrected chi connectivity index (χ4v) is 9.49. The number of carbonyl (C=O) groups excluding carboxylic acids is 1. The van der Waals surface area contributed by atoms with Crippen LogP contribution in [-0.4, -0.2) is 73.4 Å². The second kappa shape index (κ2) is 48.3. The van der Waals surface area contributed by atoms with Crippen LogP contribution >= 0.6 is 7.82 Å². The van der Waals surface area contributed by atoms with Gasteiger partial charge in [0.1, 0.15) is 13.2 Å². The van der Waals surface area contributed by atoms with E-state index in [1.807, 2.05) is 27.2 Å². The van der Waals surface area contributed by atoms with Gasteiger partial charge in [0.05, 0.1) is 39.9 Å². The molecule has 0 saturated heterocycles. The smallest absolute Gasteiger partial charge is 0.387 e. The first-order chi connectivity index (χ1) is 31.5. The minimum absolute atomic E-state index is 0.0650. The van der Waals surface area contributed by atoms with Crippen LogP contribution in [0.15, 0.2) is 12.2 Å². The van der Waals surface area contributed by atoms with Crippen molar-refractivity contribution >= 4 is 13.7 Å². The Balaban J connectivity index is 4.05. The van der Waals surface area contributed by atoms with Gasteiger partial charge in [-0.2, -0.15) is 0 Å². The van der Waals surface area contributed by atoms with E-state index in [0.717, 1.165) is 38.5 Å². The number of phosphoric ester groups is 1. The van der Waals surface area contributed by atoms with E-state index in [4.69, 9.17) is 9.05 Å². The number of unbranched alkanes of at least 4 members (excludes halogenated alkanes) is 40. The van der Waals surface area contributed by atoms with Gasteiger partial charge in [-0.25, -0.2) is 4.57 Å². The van der Waals surface area contributed by atoms with Crippen LogP contribution in [-0.2, 0) is 18.4 Å². The molecule has 9 heteroatoms. The molecule has 0 spiro atoms. The van der Waals surface area contributed by atoms with Crippen molar-refractivity contribution in [2.45, 2.75) is 302 Å². The van der Waals surface area contributed by atoms with Crippen molar-refractivity contribution < 1.29 is 32.9 Å². The Bertz CT molecular complexity index is 1070. The number of aliphatic hydroxyl groups excluding tert-OH is 1. The van der Waals surface area contributed by atoms with Gasteiger partial charge in [0.25, 0.3) is 0 Å². The van der Waals surface area contributed by atoms with Gasteiger partial charge >= 0.3 is 7.82 Å². The Morgan fingerprint density at radius 3 is 1.14 bits per heavy atom. The lowest BCUT2D eigenvalue weighted by atomic mass is 10.0. The quantitative estimate of drug-likeness (QED) is 0.0243. The molecule has 0 rings (SSSR count).